The number of benzene rings is 1. The number of aryl methyl sites for hydroxylation is 1. The monoisotopic (exact) mass is 325 g/mol. The van der Waals surface area contributed by atoms with Gasteiger partial charge < -0.3 is 5.32 Å². The molecule has 0 aliphatic heterocycles. The van der Waals surface area contributed by atoms with Crippen LogP contribution in [0.1, 0.15) is 15.9 Å². The minimum atomic E-state index is -3.78. The van der Waals surface area contributed by atoms with E-state index in [-0.39, 0.29) is 15.5 Å². The van der Waals surface area contributed by atoms with E-state index in [1.165, 1.54) is 36.7 Å². The first-order valence-corrected chi connectivity index (χ1v) is 7.76. The Hall–Kier alpha value is -1.96. The molecule has 2 aromatic rings. The number of carbonyl (C=O) groups excluding carboxylic acids is 1. The predicted octanol–water partition coefficient (Wildman–Crippen LogP) is 1.94. The van der Waals surface area contributed by atoms with Crippen molar-refractivity contribution in [3.05, 3.63) is 52.8 Å². The van der Waals surface area contributed by atoms with Gasteiger partial charge in [-0.25, -0.2) is 13.6 Å². The normalized spacial score (nSPS) is 11.2. The maximum absolute atomic E-state index is 12.1. The SMILES string of the molecule is Cc1cc(NC(=O)c2ccncc2Cl)ccc1S(N)(=O)=O. The summed E-state index contributed by atoms with van der Waals surface area (Å²) in [6.07, 6.45) is 2.82. The molecule has 0 saturated carbocycles. The quantitative estimate of drug-likeness (QED) is 0.900. The maximum atomic E-state index is 12.1. The minimum absolute atomic E-state index is 0.0162. The van der Waals surface area contributed by atoms with Crippen molar-refractivity contribution in [1.29, 1.82) is 0 Å². The molecule has 3 N–H and O–H groups in total. The Morgan fingerprint density at radius 1 is 1.33 bits per heavy atom. The summed E-state index contributed by atoms with van der Waals surface area (Å²) in [6.45, 7) is 1.59. The van der Waals surface area contributed by atoms with Gasteiger partial charge in [-0.2, -0.15) is 0 Å². The molecule has 8 heteroatoms. The summed E-state index contributed by atoms with van der Waals surface area (Å²) >= 11 is 5.88. The second-order valence-corrected chi connectivity index (χ2v) is 6.27. The second kappa shape index (κ2) is 5.80. The Kier molecular flexibility index (Phi) is 4.26. The van der Waals surface area contributed by atoms with Gasteiger partial charge in [0.2, 0.25) is 10.0 Å². The summed E-state index contributed by atoms with van der Waals surface area (Å²) in [5.41, 5.74) is 1.16. The fraction of sp³-hybridized carbons (Fsp3) is 0.0769. The molecule has 1 heterocycles. The molecule has 6 nitrogen and oxygen atoms in total. The van der Waals surface area contributed by atoms with Crippen LogP contribution in [-0.4, -0.2) is 19.3 Å². The Bertz CT molecular complexity index is 806. The predicted molar refractivity (Wildman–Crippen MR) is 79.8 cm³/mol. The lowest BCUT2D eigenvalue weighted by molar-refractivity contribution is 0.102. The van der Waals surface area contributed by atoms with Crippen molar-refractivity contribution in [3.63, 3.8) is 0 Å². The standard InChI is InChI=1S/C13H12ClN3O3S/c1-8-6-9(2-3-12(8)21(15,19)20)17-13(18)10-4-5-16-7-11(10)14/h2-7H,1H3,(H,17,18)(H2,15,19,20). The van der Waals surface area contributed by atoms with E-state index in [1.54, 1.807) is 6.92 Å². The van der Waals surface area contributed by atoms with Gasteiger partial charge in [0.25, 0.3) is 5.91 Å². The second-order valence-electron chi connectivity index (χ2n) is 4.33. The largest absolute Gasteiger partial charge is 0.322 e. The molecule has 0 unspecified atom stereocenters. The van der Waals surface area contributed by atoms with Gasteiger partial charge in [-0.15, -0.1) is 0 Å². The first kappa shape index (κ1) is 15.4. The van der Waals surface area contributed by atoms with E-state index < -0.39 is 15.9 Å². The van der Waals surface area contributed by atoms with E-state index in [0.29, 0.717) is 11.3 Å². The summed E-state index contributed by atoms with van der Waals surface area (Å²) in [7, 11) is -3.78. The van der Waals surface area contributed by atoms with Crippen LogP contribution >= 0.6 is 11.6 Å². The molecule has 110 valence electrons. The molecule has 0 spiro atoms. The number of amides is 1. The number of nitrogens with zero attached hydrogens (tertiary/aromatic N) is 1. The van der Waals surface area contributed by atoms with E-state index in [4.69, 9.17) is 16.7 Å². The van der Waals surface area contributed by atoms with Gasteiger partial charge in [0.05, 0.1) is 15.5 Å². The number of hydrogen-bond acceptors (Lipinski definition) is 4. The first-order chi connectivity index (χ1) is 9.79. The number of anilines is 1. The highest BCUT2D eigenvalue weighted by atomic mass is 35.5. The summed E-state index contributed by atoms with van der Waals surface area (Å²) in [5, 5.41) is 7.94. The third-order valence-corrected chi connectivity index (χ3v) is 4.13. The van der Waals surface area contributed by atoms with Crippen molar-refractivity contribution < 1.29 is 13.2 Å². The molecule has 0 aliphatic carbocycles. The molecule has 0 atom stereocenters. The molecular formula is C13H12ClN3O3S. The number of primary sulfonamides is 1. The van der Waals surface area contributed by atoms with Crippen LogP contribution in [0, 0.1) is 6.92 Å². The summed E-state index contributed by atoms with van der Waals surface area (Å²) in [6, 6.07) is 5.81. The van der Waals surface area contributed by atoms with Crippen molar-refractivity contribution >= 4 is 33.2 Å². The van der Waals surface area contributed by atoms with Crippen LogP contribution in [0.15, 0.2) is 41.6 Å². The highest BCUT2D eigenvalue weighted by Crippen LogP contribution is 2.20. The van der Waals surface area contributed by atoms with Crippen LogP contribution in [0.25, 0.3) is 0 Å². The topological polar surface area (TPSA) is 102 Å². The highest BCUT2D eigenvalue weighted by Gasteiger charge is 2.14. The summed E-state index contributed by atoms with van der Waals surface area (Å²) in [4.78, 5) is 15.9. The van der Waals surface area contributed by atoms with Crippen molar-refractivity contribution in [3.8, 4) is 0 Å². The van der Waals surface area contributed by atoms with Gasteiger partial charge >= 0.3 is 0 Å². The molecule has 21 heavy (non-hydrogen) atoms. The zero-order valence-electron chi connectivity index (χ0n) is 11.0. The lowest BCUT2D eigenvalue weighted by atomic mass is 10.2. The molecule has 2 rings (SSSR count). The molecule has 0 aliphatic rings. The molecule has 1 amide bonds. The summed E-state index contributed by atoms with van der Waals surface area (Å²) < 4.78 is 22.6. The molecule has 0 fully saturated rings. The van der Waals surface area contributed by atoms with Crippen molar-refractivity contribution in [2.75, 3.05) is 5.32 Å². The van der Waals surface area contributed by atoms with Crippen LogP contribution < -0.4 is 10.5 Å². The van der Waals surface area contributed by atoms with Gasteiger partial charge in [0, 0.05) is 18.1 Å². The van der Waals surface area contributed by atoms with Crippen LogP contribution in [0.5, 0.6) is 0 Å². The number of nitrogens with two attached hydrogens (primary N) is 1. The lowest BCUT2D eigenvalue weighted by Crippen LogP contribution is -2.15. The number of halogens is 1. The zero-order valence-corrected chi connectivity index (χ0v) is 12.6. The van der Waals surface area contributed by atoms with E-state index in [0.717, 1.165) is 0 Å². The van der Waals surface area contributed by atoms with Crippen molar-refractivity contribution in [1.82, 2.24) is 4.98 Å². The molecule has 0 saturated heterocycles. The van der Waals surface area contributed by atoms with E-state index >= 15 is 0 Å². The number of sulfonamides is 1. The third-order valence-electron chi connectivity index (χ3n) is 2.76. The maximum Gasteiger partial charge on any atom is 0.257 e. The van der Waals surface area contributed by atoms with Gasteiger partial charge in [0.15, 0.2) is 0 Å². The molecular weight excluding hydrogens is 314 g/mol. The highest BCUT2D eigenvalue weighted by molar-refractivity contribution is 7.89. The average Bonchev–Trinajstić information content (AvgIpc) is 2.37. The number of rotatable bonds is 3. The molecule has 0 radical (unpaired) electrons. The van der Waals surface area contributed by atoms with Gasteiger partial charge in [0.1, 0.15) is 0 Å². The minimum Gasteiger partial charge on any atom is -0.322 e. The molecule has 0 bridgehead atoms. The number of pyridine rings is 1. The van der Waals surface area contributed by atoms with Crippen LogP contribution in [0.4, 0.5) is 5.69 Å². The van der Waals surface area contributed by atoms with E-state index in [2.05, 4.69) is 10.3 Å². The number of hydrogen-bond donors (Lipinski definition) is 2. The van der Waals surface area contributed by atoms with Crippen LogP contribution in [0.3, 0.4) is 0 Å². The zero-order chi connectivity index (χ0) is 15.6. The van der Waals surface area contributed by atoms with Crippen LogP contribution in [0.2, 0.25) is 5.02 Å². The number of carbonyl (C=O) groups is 1. The first-order valence-electron chi connectivity index (χ1n) is 5.83. The third kappa shape index (κ3) is 3.57. The van der Waals surface area contributed by atoms with Crippen LogP contribution in [-0.2, 0) is 10.0 Å². The Balaban J connectivity index is 2.27. The van der Waals surface area contributed by atoms with Crippen molar-refractivity contribution in [2.24, 2.45) is 5.14 Å². The van der Waals surface area contributed by atoms with E-state index in [9.17, 15) is 13.2 Å². The molecule has 1 aromatic carbocycles. The fourth-order valence-electron chi connectivity index (χ4n) is 1.80. The Labute approximate surface area is 127 Å². The lowest BCUT2D eigenvalue weighted by Gasteiger charge is -2.09. The molecule has 1 aromatic heterocycles. The number of nitrogens with one attached hydrogen (secondary N) is 1. The average molecular weight is 326 g/mol. The summed E-state index contributed by atoms with van der Waals surface area (Å²) in [5.74, 6) is -0.412. The Morgan fingerprint density at radius 3 is 2.62 bits per heavy atom. The Morgan fingerprint density at radius 2 is 2.05 bits per heavy atom. The van der Waals surface area contributed by atoms with Gasteiger partial charge in [-0.1, -0.05) is 11.6 Å². The number of aromatic nitrogens is 1. The van der Waals surface area contributed by atoms with E-state index in [1.807, 2.05) is 0 Å². The smallest absolute Gasteiger partial charge is 0.257 e. The fourth-order valence-corrected chi connectivity index (χ4v) is 2.77. The van der Waals surface area contributed by atoms with Gasteiger partial charge in [-0.3, -0.25) is 9.78 Å². The van der Waals surface area contributed by atoms with Crippen molar-refractivity contribution in [2.45, 2.75) is 11.8 Å². The van der Waals surface area contributed by atoms with Gasteiger partial charge in [-0.05, 0) is 36.8 Å².